The van der Waals surface area contributed by atoms with Crippen molar-refractivity contribution in [2.75, 3.05) is 0 Å². The number of ether oxygens (including phenoxy) is 1. The number of halogens is 1. The predicted molar refractivity (Wildman–Crippen MR) is 84.2 cm³/mol. The summed E-state index contributed by atoms with van der Waals surface area (Å²) in [4.78, 5) is 0. The van der Waals surface area contributed by atoms with Crippen molar-refractivity contribution in [2.45, 2.75) is 71.6 Å². The SMILES string of the molecule is C[C@@H]1Cc2c(c(I)nn2C2CCC(C)(C)CC2)CO1. The molecule has 4 heteroatoms. The van der Waals surface area contributed by atoms with Gasteiger partial charge in [0.1, 0.15) is 3.70 Å². The van der Waals surface area contributed by atoms with Crippen molar-refractivity contribution in [2.24, 2.45) is 5.41 Å². The van der Waals surface area contributed by atoms with Gasteiger partial charge in [-0.25, -0.2) is 0 Å². The molecule has 0 N–H and O–H groups in total. The third-order valence-corrected chi connectivity index (χ3v) is 5.58. The molecular formula is C15H23IN2O. The van der Waals surface area contributed by atoms with E-state index in [1.165, 1.54) is 36.9 Å². The molecule has 1 aromatic heterocycles. The van der Waals surface area contributed by atoms with Gasteiger partial charge < -0.3 is 4.74 Å². The summed E-state index contributed by atoms with van der Waals surface area (Å²) in [6.07, 6.45) is 6.52. The van der Waals surface area contributed by atoms with Crippen LogP contribution in [0.1, 0.15) is 63.8 Å². The van der Waals surface area contributed by atoms with Crippen molar-refractivity contribution in [3.05, 3.63) is 15.0 Å². The Balaban J connectivity index is 1.86. The molecule has 0 aromatic carbocycles. The Bertz CT molecular complexity index is 471. The highest BCUT2D eigenvalue weighted by molar-refractivity contribution is 14.1. The highest BCUT2D eigenvalue weighted by Crippen LogP contribution is 2.41. The van der Waals surface area contributed by atoms with Crippen LogP contribution in [-0.2, 0) is 17.8 Å². The lowest BCUT2D eigenvalue weighted by Crippen LogP contribution is -2.27. The highest BCUT2D eigenvalue weighted by Gasteiger charge is 2.32. The minimum absolute atomic E-state index is 0.332. The maximum atomic E-state index is 5.76. The van der Waals surface area contributed by atoms with E-state index < -0.39 is 0 Å². The number of nitrogens with zero attached hydrogens (tertiary/aromatic N) is 2. The third kappa shape index (κ3) is 2.71. The van der Waals surface area contributed by atoms with Gasteiger partial charge in [-0.05, 0) is 60.6 Å². The molecular weight excluding hydrogens is 351 g/mol. The van der Waals surface area contributed by atoms with Gasteiger partial charge in [0.05, 0.1) is 18.8 Å². The zero-order valence-corrected chi connectivity index (χ0v) is 14.2. The van der Waals surface area contributed by atoms with Crippen LogP contribution in [-0.4, -0.2) is 15.9 Å². The van der Waals surface area contributed by atoms with Gasteiger partial charge in [-0.15, -0.1) is 0 Å². The van der Waals surface area contributed by atoms with Gasteiger partial charge in [-0.3, -0.25) is 4.68 Å². The second-order valence-corrected chi connectivity index (χ2v) is 7.90. The number of fused-ring (bicyclic) bond motifs is 1. The Morgan fingerprint density at radius 1 is 1.32 bits per heavy atom. The summed E-state index contributed by atoms with van der Waals surface area (Å²) < 4.78 is 9.24. The summed E-state index contributed by atoms with van der Waals surface area (Å²) >= 11 is 2.36. The van der Waals surface area contributed by atoms with E-state index in [0.717, 1.165) is 16.7 Å². The normalized spacial score (nSPS) is 27.3. The monoisotopic (exact) mass is 374 g/mol. The first-order valence-electron chi connectivity index (χ1n) is 7.34. The lowest BCUT2D eigenvalue weighted by molar-refractivity contribution is 0.0378. The quantitative estimate of drug-likeness (QED) is 0.693. The van der Waals surface area contributed by atoms with E-state index >= 15 is 0 Å². The molecule has 0 spiro atoms. The molecule has 1 aliphatic heterocycles. The summed E-state index contributed by atoms with van der Waals surface area (Å²) in [5, 5.41) is 4.82. The molecule has 2 heterocycles. The van der Waals surface area contributed by atoms with Crippen LogP contribution in [0.4, 0.5) is 0 Å². The molecule has 3 rings (SSSR count). The van der Waals surface area contributed by atoms with Crippen LogP contribution in [0.5, 0.6) is 0 Å². The molecule has 1 saturated carbocycles. The minimum atomic E-state index is 0.332. The van der Waals surface area contributed by atoms with Crippen molar-refractivity contribution in [1.82, 2.24) is 9.78 Å². The zero-order valence-electron chi connectivity index (χ0n) is 12.1. The van der Waals surface area contributed by atoms with E-state index in [1.807, 2.05) is 0 Å². The molecule has 3 nitrogen and oxygen atoms in total. The Morgan fingerprint density at radius 2 is 2.00 bits per heavy atom. The molecule has 0 radical (unpaired) electrons. The van der Waals surface area contributed by atoms with Crippen LogP contribution in [0.25, 0.3) is 0 Å². The fourth-order valence-corrected chi connectivity index (χ4v) is 4.02. The summed E-state index contributed by atoms with van der Waals surface area (Å²) in [5.74, 6) is 0. The summed E-state index contributed by atoms with van der Waals surface area (Å²) in [6, 6.07) is 0.607. The van der Waals surface area contributed by atoms with Gasteiger partial charge in [0, 0.05) is 17.7 Å². The Hall–Kier alpha value is -0.100. The molecule has 19 heavy (non-hydrogen) atoms. The Labute approximate surface area is 129 Å². The van der Waals surface area contributed by atoms with Crippen LogP contribution in [0.2, 0.25) is 0 Å². The molecule has 0 unspecified atom stereocenters. The zero-order chi connectivity index (χ0) is 13.6. The van der Waals surface area contributed by atoms with Crippen LogP contribution in [0.3, 0.4) is 0 Å². The molecule has 0 bridgehead atoms. The number of hydrogen-bond donors (Lipinski definition) is 0. The van der Waals surface area contributed by atoms with Gasteiger partial charge >= 0.3 is 0 Å². The van der Waals surface area contributed by atoms with Crippen LogP contribution >= 0.6 is 22.6 Å². The summed E-state index contributed by atoms with van der Waals surface area (Å²) in [7, 11) is 0. The maximum absolute atomic E-state index is 5.76. The summed E-state index contributed by atoms with van der Waals surface area (Å²) in [5.41, 5.74) is 3.30. The number of hydrogen-bond acceptors (Lipinski definition) is 2. The van der Waals surface area contributed by atoms with Gasteiger partial charge in [-0.2, -0.15) is 5.10 Å². The molecule has 1 atom stereocenters. The minimum Gasteiger partial charge on any atom is -0.373 e. The van der Waals surface area contributed by atoms with E-state index in [1.54, 1.807) is 0 Å². The van der Waals surface area contributed by atoms with Crippen molar-refractivity contribution in [3.8, 4) is 0 Å². The fraction of sp³-hybridized carbons (Fsp3) is 0.800. The Morgan fingerprint density at radius 3 is 2.68 bits per heavy atom. The second-order valence-electron chi connectivity index (χ2n) is 6.88. The Kier molecular flexibility index (Phi) is 3.67. The number of aromatic nitrogens is 2. The lowest BCUT2D eigenvalue weighted by atomic mass is 9.75. The van der Waals surface area contributed by atoms with Gasteiger partial charge in [0.25, 0.3) is 0 Å². The molecule has 1 aromatic rings. The first-order valence-corrected chi connectivity index (χ1v) is 8.41. The average Bonchev–Trinajstić information content (AvgIpc) is 2.66. The highest BCUT2D eigenvalue weighted by atomic mass is 127. The number of rotatable bonds is 1. The van der Waals surface area contributed by atoms with Crippen LogP contribution < -0.4 is 0 Å². The smallest absolute Gasteiger partial charge is 0.129 e. The third-order valence-electron chi connectivity index (χ3n) is 4.72. The van der Waals surface area contributed by atoms with Gasteiger partial charge in [0.15, 0.2) is 0 Å². The molecule has 0 amide bonds. The second kappa shape index (κ2) is 5.02. The molecule has 0 saturated heterocycles. The van der Waals surface area contributed by atoms with Crippen LogP contribution in [0.15, 0.2) is 0 Å². The van der Waals surface area contributed by atoms with E-state index in [0.29, 0.717) is 17.6 Å². The largest absolute Gasteiger partial charge is 0.373 e. The molecule has 1 aliphatic carbocycles. The van der Waals surface area contributed by atoms with E-state index in [4.69, 9.17) is 9.84 Å². The van der Waals surface area contributed by atoms with Gasteiger partial charge in [0.2, 0.25) is 0 Å². The molecule has 106 valence electrons. The standard InChI is InChI=1S/C15H23IN2O/c1-10-8-13-12(9-19-10)14(16)17-18(13)11-4-6-15(2,3)7-5-11/h10-11H,4-9H2,1-3H3/t10-/m1/s1. The van der Waals surface area contributed by atoms with E-state index in [2.05, 4.69) is 48.0 Å². The van der Waals surface area contributed by atoms with Crippen LogP contribution in [0, 0.1) is 9.12 Å². The predicted octanol–water partition coefficient (Wildman–Crippen LogP) is 4.09. The molecule has 2 aliphatic rings. The van der Waals surface area contributed by atoms with Gasteiger partial charge in [-0.1, -0.05) is 13.8 Å². The van der Waals surface area contributed by atoms with Crippen molar-refractivity contribution in [3.63, 3.8) is 0 Å². The summed E-state index contributed by atoms with van der Waals surface area (Å²) in [6.45, 7) is 7.69. The fourth-order valence-electron chi connectivity index (χ4n) is 3.32. The van der Waals surface area contributed by atoms with Crippen molar-refractivity contribution >= 4 is 22.6 Å². The maximum Gasteiger partial charge on any atom is 0.129 e. The van der Waals surface area contributed by atoms with E-state index in [9.17, 15) is 0 Å². The first kappa shape index (κ1) is 13.9. The topological polar surface area (TPSA) is 27.1 Å². The first-order chi connectivity index (χ1) is 8.96. The van der Waals surface area contributed by atoms with E-state index in [-0.39, 0.29) is 0 Å². The lowest BCUT2D eigenvalue weighted by Gasteiger charge is -2.35. The molecule has 1 fully saturated rings. The average molecular weight is 374 g/mol. The van der Waals surface area contributed by atoms with Crippen molar-refractivity contribution in [1.29, 1.82) is 0 Å². The van der Waals surface area contributed by atoms with Crippen molar-refractivity contribution < 1.29 is 4.74 Å².